The monoisotopic (exact) mass is 272 g/mol. The van der Waals surface area contributed by atoms with Crippen LogP contribution in [0.3, 0.4) is 0 Å². The van der Waals surface area contributed by atoms with Gasteiger partial charge in [0, 0.05) is 16.3 Å². The number of hydrogen-bond donors (Lipinski definition) is 1. The zero-order valence-electron chi connectivity index (χ0n) is 11.1. The van der Waals surface area contributed by atoms with Crippen molar-refractivity contribution in [3.05, 3.63) is 45.6 Å². The van der Waals surface area contributed by atoms with Crippen molar-refractivity contribution in [2.24, 2.45) is 0 Å². The molecule has 4 heteroatoms. The van der Waals surface area contributed by atoms with E-state index in [1.54, 1.807) is 24.5 Å². The lowest BCUT2D eigenvalue weighted by atomic mass is 10.1. The van der Waals surface area contributed by atoms with Gasteiger partial charge in [-0.25, -0.2) is 0 Å². The molecule has 0 atom stereocenters. The summed E-state index contributed by atoms with van der Waals surface area (Å²) in [5.74, 6) is 0.700. The van der Waals surface area contributed by atoms with E-state index in [9.17, 15) is 0 Å². The zero-order chi connectivity index (χ0) is 13.7. The molecule has 0 aliphatic heterocycles. The molecule has 0 spiro atoms. The van der Waals surface area contributed by atoms with Gasteiger partial charge in [-0.05, 0) is 30.7 Å². The number of aryl methyl sites for hydroxylation is 1. The lowest BCUT2D eigenvalue weighted by Gasteiger charge is -2.11. The number of benzene rings is 1. The lowest BCUT2D eigenvalue weighted by molar-refractivity contribution is 0.416. The Bertz CT molecular complexity index is 598. The molecule has 0 radical (unpaired) electrons. The summed E-state index contributed by atoms with van der Waals surface area (Å²) in [4.78, 5) is 2.63. The maximum absolute atomic E-state index is 9.13. The summed E-state index contributed by atoms with van der Waals surface area (Å²) in [5.41, 5.74) is 1.37. The van der Waals surface area contributed by atoms with Gasteiger partial charge in [0.05, 0.1) is 18.4 Å². The molecule has 1 N–H and O–H groups in total. The second kappa shape index (κ2) is 6.26. The molecule has 3 nitrogen and oxygen atoms in total. The number of nitrogens with zero attached hydrogens (tertiary/aromatic N) is 1. The van der Waals surface area contributed by atoms with E-state index in [4.69, 9.17) is 10.00 Å². The van der Waals surface area contributed by atoms with E-state index >= 15 is 0 Å². The molecule has 0 unspecified atom stereocenters. The SMILES string of the molecule is CCc1ccc(CNc2c(C#N)cccc2OC)s1. The molecule has 0 bridgehead atoms. The van der Waals surface area contributed by atoms with Crippen LogP contribution in [0, 0.1) is 11.3 Å². The predicted molar refractivity (Wildman–Crippen MR) is 78.7 cm³/mol. The van der Waals surface area contributed by atoms with Crippen LogP contribution in [-0.4, -0.2) is 7.11 Å². The molecule has 0 aliphatic carbocycles. The number of nitriles is 1. The molecule has 1 aromatic heterocycles. The van der Waals surface area contributed by atoms with Crippen molar-refractivity contribution in [2.45, 2.75) is 19.9 Å². The third-order valence-electron chi connectivity index (χ3n) is 2.87. The summed E-state index contributed by atoms with van der Waals surface area (Å²) in [6.45, 7) is 2.86. The van der Waals surface area contributed by atoms with Crippen LogP contribution in [0.1, 0.15) is 22.2 Å². The van der Waals surface area contributed by atoms with Crippen LogP contribution in [-0.2, 0) is 13.0 Å². The Balaban J connectivity index is 2.16. The number of thiophene rings is 1. The van der Waals surface area contributed by atoms with Gasteiger partial charge in [-0.1, -0.05) is 13.0 Å². The highest BCUT2D eigenvalue weighted by Crippen LogP contribution is 2.29. The Morgan fingerprint density at radius 2 is 2.05 bits per heavy atom. The summed E-state index contributed by atoms with van der Waals surface area (Å²) >= 11 is 1.79. The van der Waals surface area contributed by atoms with E-state index in [1.165, 1.54) is 9.75 Å². The standard InChI is InChI=1S/C15H16N2OS/c1-3-12-7-8-13(19-12)10-17-15-11(9-16)5-4-6-14(15)18-2/h4-8,17H,3,10H2,1-2H3. The highest BCUT2D eigenvalue weighted by Gasteiger charge is 2.08. The van der Waals surface area contributed by atoms with Gasteiger partial charge in [0.2, 0.25) is 0 Å². The van der Waals surface area contributed by atoms with Gasteiger partial charge < -0.3 is 10.1 Å². The van der Waals surface area contributed by atoms with Crippen molar-refractivity contribution >= 4 is 17.0 Å². The predicted octanol–water partition coefficient (Wildman–Crippen LogP) is 3.80. The first-order valence-electron chi connectivity index (χ1n) is 6.17. The fraction of sp³-hybridized carbons (Fsp3) is 0.267. The Labute approximate surface area is 117 Å². The fourth-order valence-corrected chi connectivity index (χ4v) is 2.76. The summed E-state index contributed by atoms with van der Waals surface area (Å²) in [6, 6.07) is 11.9. The average Bonchev–Trinajstić information content (AvgIpc) is 2.92. The van der Waals surface area contributed by atoms with Gasteiger partial charge in [-0.2, -0.15) is 5.26 Å². The van der Waals surface area contributed by atoms with Crippen molar-refractivity contribution in [3.63, 3.8) is 0 Å². The van der Waals surface area contributed by atoms with Gasteiger partial charge in [0.25, 0.3) is 0 Å². The van der Waals surface area contributed by atoms with Crippen LogP contribution in [0.25, 0.3) is 0 Å². The van der Waals surface area contributed by atoms with Gasteiger partial charge in [-0.3, -0.25) is 0 Å². The molecule has 19 heavy (non-hydrogen) atoms. The van der Waals surface area contributed by atoms with Gasteiger partial charge in [-0.15, -0.1) is 11.3 Å². The van der Waals surface area contributed by atoms with Crippen molar-refractivity contribution < 1.29 is 4.74 Å². The smallest absolute Gasteiger partial charge is 0.143 e. The minimum absolute atomic E-state index is 0.603. The van der Waals surface area contributed by atoms with Gasteiger partial charge >= 0.3 is 0 Å². The Morgan fingerprint density at radius 1 is 1.26 bits per heavy atom. The average molecular weight is 272 g/mol. The largest absolute Gasteiger partial charge is 0.495 e. The maximum atomic E-state index is 9.13. The Kier molecular flexibility index (Phi) is 4.43. The molecule has 98 valence electrons. The van der Waals surface area contributed by atoms with Crippen molar-refractivity contribution in [2.75, 3.05) is 12.4 Å². The minimum Gasteiger partial charge on any atom is -0.495 e. The second-order valence-electron chi connectivity index (χ2n) is 4.07. The first-order valence-corrected chi connectivity index (χ1v) is 6.98. The summed E-state index contributed by atoms with van der Waals surface area (Å²) in [7, 11) is 1.61. The number of anilines is 1. The topological polar surface area (TPSA) is 45.0 Å². The molecule has 0 saturated heterocycles. The number of ether oxygens (including phenoxy) is 1. The van der Waals surface area contributed by atoms with E-state index in [2.05, 4.69) is 30.4 Å². The van der Waals surface area contributed by atoms with E-state index in [0.717, 1.165) is 12.1 Å². The third-order valence-corrected chi connectivity index (χ3v) is 4.10. The first-order chi connectivity index (χ1) is 9.28. The summed E-state index contributed by atoms with van der Waals surface area (Å²) < 4.78 is 5.29. The number of methoxy groups -OCH3 is 1. The van der Waals surface area contributed by atoms with Crippen LogP contribution in [0.2, 0.25) is 0 Å². The first kappa shape index (κ1) is 13.4. The third kappa shape index (κ3) is 3.07. The van der Waals surface area contributed by atoms with Gasteiger partial charge in [0.1, 0.15) is 11.8 Å². The lowest BCUT2D eigenvalue weighted by Crippen LogP contribution is -2.02. The van der Waals surface area contributed by atoms with Gasteiger partial charge in [0.15, 0.2) is 0 Å². The van der Waals surface area contributed by atoms with Crippen LogP contribution < -0.4 is 10.1 Å². The van der Waals surface area contributed by atoms with Crippen LogP contribution in [0.4, 0.5) is 5.69 Å². The minimum atomic E-state index is 0.603. The maximum Gasteiger partial charge on any atom is 0.143 e. The normalized spacial score (nSPS) is 9.95. The highest BCUT2D eigenvalue weighted by atomic mass is 32.1. The molecule has 0 fully saturated rings. The number of para-hydroxylation sites is 1. The zero-order valence-corrected chi connectivity index (χ0v) is 11.9. The number of nitrogens with one attached hydrogen (secondary N) is 1. The Hall–Kier alpha value is -1.99. The number of hydrogen-bond acceptors (Lipinski definition) is 4. The highest BCUT2D eigenvalue weighted by molar-refractivity contribution is 7.12. The molecule has 0 saturated carbocycles. The van der Waals surface area contributed by atoms with Crippen molar-refractivity contribution in [1.29, 1.82) is 5.26 Å². The van der Waals surface area contributed by atoms with Crippen LogP contribution >= 0.6 is 11.3 Å². The van der Waals surface area contributed by atoms with Crippen LogP contribution in [0.15, 0.2) is 30.3 Å². The molecular formula is C15H16N2OS. The van der Waals surface area contributed by atoms with Crippen molar-refractivity contribution in [1.82, 2.24) is 0 Å². The van der Waals surface area contributed by atoms with E-state index in [-0.39, 0.29) is 0 Å². The van der Waals surface area contributed by atoms with E-state index in [0.29, 0.717) is 17.9 Å². The number of rotatable bonds is 5. The van der Waals surface area contributed by atoms with Crippen molar-refractivity contribution in [3.8, 4) is 11.8 Å². The Morgan fingerprint density at radius 3 is 2.68 bits per heavy atom. The quantitative estimate of drug-likeness (QED) is 0.900. The second-order valence-corrected chi connectivity index (χ2v) is 5.32. The van der Waals surface area contributed by atoms with E-state index < -0.39 is 0 Å². The molecule has 1 aromatic carbocycles. The fourth-order valence-electron chi connectivity index (χ4n) is 1.86. The van der Waals surface area contributed by atoms with E-state index in [1.807, 2.05) is 12.1 Å². The van der Waals surface area contributed by atoms with Crippen LogP contribution in [0.5, 0.6) is 5.75 Å². The molecule has 2 rings (SSSR count). The molecule has 0 amide bonds. The molecular weight excluding hydrogens is 256 g/mol. The summed E-state index contributed by atoms with van der Waals surface area (Å²) in [5, 5.41) is 12.4. The molecule has 0 aliphatic rings. The molecule has 2 aromatic rings. The molecule has 1 heterocycles. The summed E-state index contributed by atoms with van der Waals surface area (Å²) in [6.07, 6.45) is 1.06.